The summed E-state index contributed by atoms with van der Waals surface area (Å²) in [6.45, 7) is 0. The molecule has 1 aromatic carbocycles. The average Bonchev–Trinajstić information content (AvgIpc) is 2.95. The van der Waals surface area contributed by atoms with E-state index < -0.39 is 5.97 Å². The van der Waals surface area contributed by atoms with Gasteiger partial charge in [-0.15, -0.1) is 0 Å². The van der Waals surface area contributed by atoms with E-state index >= 15 is 0 Å². The summed E-state index contributed by atoms with van der Waals surface area (Å²) >= 11 is 0. The third-order valence-corrected chi connectivity index (χ3v) is 3.03. The van der Waals surface area contributed by atoms with E-state index in [0.717, 1.165) is 12.8 Å². The zero-order valence-corrected chi connectivity index (χ0v) is 8.96. The van der Waals surface area contributed by atoms with E-state index in [9.17, 15) is 4.79 Å². The fourth-order valence-corrected chi connectivity index (χ4v) is 2.22. The number of aromatic carboxylic acids is 1. The maximum atomic E-state index is 10.7. The van der Waals surface area contributed by atoms with Crippen molar-refractivity contribution in [1.29, 1.82) is 0 Å². The Morgan fingerprint density at radius 3 is 2.47 bits per heavy atom. The Morgan fingerprint density at radius 2 is 1.94 bits per heavy atom. The number of carboxylic acid groups (broad SMARTS) is 1. The van der Waals surface area contributed by atoms with Gasteiger partial charge in [-0.2, -0.15) is 4.98 Å². The van der Waals surface area contributed by atoms with Crippen LogP contribution in [0.1, 0.15) is 33.6 Å². The molecule has 0 aliphatic heterocycles. The van der Waals surface area contributed by atoms with Crippen molar-refractivity contribution in [3.05, 3.63) is 47.1 Å². The van der Waals surface area contributed by atoms with Crippen LogP contribution in [0, 0.1) is 0 Å². The molecule has 0 amide bonds. The van der Waals surface area contributed by atoms with Gasteiger partial charge in [-0.25, -0.2) is 4.79 Å². The van der Waals surface area contributed by atoms with Crippen molar-refractivity contribution in [3.63, 3.8) is 0 Å². The number of nitrogens with zero attached hydrogens (tertiary/aromatic N) is 2. The van der Waals surface area contributed by atoms with Gasteiger partial charge in [-0.3, -0.25) is 0 Å². The molecule has 86 valence electrons. The number of benzene rings is 1. The summed E-state index contributed by atoms with van der Waals surface area (Å²) in [7, 11) is 0. The molecule has 3 rings (SSSR count). The van der Waals surface area contributed by atoms with Gasteiger partial charge in [0.15, 0.2) is 0 Å². The predicted molar refractivity (Wildman–Crippen MR) is 57.8 cm³/mol. The minimum atomic E-state index is -1.16. The molecule has 1 N–H and O–H groups in total. The lowest BCUT2D eigenvalue weighted by Crippen LogP contribution is -2.01. The van der Waals surface area contributed by atoms with Crippen LogP contribution in [0.3, 0.4) is 0 Å². The van der Waals surface area contributed by atoms with Crippen molar-refractivity contribution < 1.29 is 14.4 Å². The van der Waals surface area contributed by atoms with Crippen molar-refractivity contribution >= 4 is 5.97 Å². The summed E-state index contributed by atoms with van der Waals surface area (Å²) < 4.78 is 5.00. The fourth-order valence-electron chi connectivity index (χ4n) is 2.22. The number of hydrogen-bond donors (Lipinski definition) is 1. The second-order valence-electron chi connectivity index (χ2n) is 4.14. The normalized spacial score (nSPS) is 14.8. The van der Waals surface area contributed by atoms with Crippen LogP contribution in [0.2, 0.25) is 0 Å². The van der Waals surface area contributed by atoms with Crippen LogP contribution in [-0.4, -0.2) is 21.2 Å². The number of carboxylic acids is 1. The lowest BCUT2D eigenvalue weighted by atomic mass is 10.1. The van der Waals surface area contributed by atoms with E-state index in [0.29, 0.717) is 5.89 Å². The SMILES string of the molecule is O=C(O)c1noc(C2Cc3ccccc3C2)n1. The standard InChI is InChI=1S/C12H10N2O3/c15-12(16)10-13-11(17-14-10)9-5-7-3-1-2-4-8(7)6-9/h1-4,9H,5-6H2,(H,15,16). The Morgan fingerprint density at radius 1 is 1.29 bits per heavy atom. The summed E-state index contributed by atoms with van der Waals surface area (Å²) in [6.07, 6.45) is 1.66. The first-order valence-electron chi connectivity index (χ1n) is 5.37. The molecule has 2 aromatic rings. The Labute approximate surface area is 97.1 Å². The molecule has 0 radical (unpaired) electrons. The minimum absolute atomic E-state index is 0.105. The highest BCUT2D eigenvalue weighted by Crippen LogP contribution is 2.32. The Hall–Kier alpha value is -2.17. The number of fused-ring (bicyclic) bond motifs is 1. The van der Waals surface area contributed by atoms with Gasteiger partial charge in [-0.1, -0.05) is 24.3 Å². The summed E-state index contributed by atoms with van der Waals surface area (Å²) in [4.78, 5) is 14.6. The van der Waals surface area contributed by atoms with Crippen LogP contribution in [0.5, 0.6) is 0 Å². The van der Waals surface area contributed by atoms with E-state index in [1.807, 2.05) is 12.1 Å². The topological polar surface area (TPSA) is 76.2 Å². The van der Waals surface area contributed by atoms with Crippen LogP contribution in [0.25, 0.3) is 0 Å². The largest absolute Gasteiger partial charge is 0.475 e. The smallest absolute Gasteiger partial charge is 0.377 e. The highest BCUT2D eigenvalue weighted by Gasteiger charge is 2.28. The molecular formula is C12H10N2O3. The van der Waals surface area contributed by atoms with Crippen LogP contribution in [0.15, 0.2) is 28.8 Å². The third kappa shape index (κ3) is 1.69. The predicted octanol–water partition coefficient (Wildman–Crippen LogP) is 1.65. The summed E-state index contributed by atoms with van der Waals surface area (Å²) in [5.41, 5.74) is 2.54. The maximum absolute atomic E-state index is 10.7. The summed E-state index contributed by atoms with van der Waals surface area (Å²) in [5, 5.41) is 12.2. The molecule has 0 unspecified atom stereocenters. The van der Waals surface area contributed by atoms with E-state index in [-0.39, 0.29) is 11.7 Å². The molecule has 0 bridgehead atoms. The summed E-state index contributed by atoms with van der Waals surface area (Å²) in [5.74, 6) is -0.905. The zero-order valence-electron chi connectivity index (χ0n) is 8.96. The van der Waals surface area contributed by atoms with Crippen molar-refractivity contribution in [1.82, 2.24) is 10.1 Å². The molecule has 0 atom stereocenters. The van der Waals surface area contributed by atoms with Crippen LogP contribution in [0.4, 0.5) is 0 Å². The second kappa shape index (κ2) is 3.69. The first kappa shape index (κ1) is 10.0. The molecule has 1 heterocycles. The van der Waals surface area contributed by atoms with Gasteiger partial charge < -0.3 is 9.63 Å². The molecule has 1 aromatic heterocycles. The lowest BCUT2D eigenvalue weighted by molar-refractivity contribution is 0.0680. The van der Waals surface area contributed by atoms with Gasteiger partial charge in [0.25, 0.3) is 5.82 Å². The number of rotatable bonds is 2. The molecule has 0 saturated carbocycles. The Kier molecular flexibility index (Phi) is 2.18. The van der Waals surface area contributed by atoms with E-state index in [4.69, 9.17) is 9.63 Å². The number of carbonyl (C=O) groups is 1. The molecule has 0 spiro atoms. The van der Waals surface area contributed by atoms with Crippen molar-refractivity contribution in [2.24, 2.45) is 0 Å². The molecule has 5 nitrogen and oxygen atoms in total. The van der Waals surface area contributed by atoms with Gasteiger partial charge in [-0.05, 0) is 29.1 Å². The van der Waals surface area contributed by atoms with Gasteiger partial charge in [0.05, 0.1) is 0 Å². The van der Waals surface area contributed by atoms with Crippen LogP contribution in [-0.2, 0) is 12.8 Å². The van der Waals surface area contributed by atoms with E-state index in [2.05, 4.69) is 22.3 Å². The number of aromatic nitrogens is 2. The van der Waals surface area contributed by atoms with Gasteiger partial charge in [0.1, 0.15) is 0 Å². The molecule has 5 heteroatoms. The summed E-state index contributed by atoms with van der Waals surface area (Å²) in [6, 6.07) is 8.14. The van der Waals surface area contributed by atoms with Crippen LogP contribution < -0.4 is 0 Å². The van der Waals surface area contributed by atoms with Gasteiger partial charge in [0, 0.05) is 5.92 Å². The van der Waals surface area contributed by atoms with Crippen molar-refractivity contribution in [2.75, 3.05) is 0 Å². The minimum Gasteiger partial charge on any atom is -0.475 e. The molecule has 0 saturated heterocycles. The quantitative estimate of drug-likeness (QED) is 0.848. The first-order chi connectivity index (χ1) is 8.24. The monoisotopic (exact) mass is 230 g/mol. The highest BCUT2D eigenvalue weighted by molar-refractivity contribution is 5.82. The van der Waals surface area contributed by atoms with E-state index in [1.54, 1.807) is 0 Å². The number of hydrogen-bond acceptors (Lipinski definition) is 4. The van der Waals surface area contributed by atoms with Crippen molar-refractivity contribution in [2.45, 2.75) is 18.8 Å². The zero-order chi connectivity index (χ0) is 11.8. The lowest BCUT2D eigenvalue weighted by Gasteiger charge is -1.99. The van der Waals surface area contributed by atoms with Crippen LogP contribution >= 0.6 is 0 Å². The maximum Gasteiger partial charge on any atom is 0.377 e. The van der Waals surface area contributed by atoms with Gasteiger partial charge in [0.2, 0.25) is 5.89 Å². The first-order valence-corrected chi connectivity index (χ1v) is 5.37. The fraction of sp³-hybridized carbons (Fsp3) is 0.250. The Balaban J connectivity index is 1.86. The third-order valence-electron chi connectivity index (χ3n) is 3.03. The van der Waals surface area contributed by atoms with Gasteiger partial charge >= 0.3 is 5.97 Å². The molecule has 1 aliphatic carbocycles. The van der Waals surface area contributed by atoms with E-state index in [1.165, 1.54) is 11.1 Å². The average molecular weight is 230 g/mol. The second-order valence-corrected chi connectivity index (χ2v) is 4.14. The molecule has 1 aliphatic rings. The molecule has 0 fully saturated rings. The molecular weight excluding hydrogens is 220 g/mol. The van der Waals surface area contributed by atoms with Crippen molar-refractivity contribution in [3.8, 4) is 0 Å². The molecule has 17 heavy (non-hydrogen) atoms. The highest BCUT2D eigenvalue weighted by atomic mass is 16.5. The Bertz CT molecular complexity index is 552.